The van der Waals surface area contributed by atoms with Gasteiger partial charge < -0.3 is 9.47 Å². The number of hydrogen-bond donors (Lipinski definition) is 0. The molecule has 0 aliphatic heterocycles. The Morgan fingerprint density at radius 3 is 2.43 bits per heavy atom. The molecule has 0 atom stereocenters. The molecule has 0 saturated carbocycles. The average Bonchev–Trinajstić information content (AvgIpc) is 2.97. The number of benzene rings is 1. The van der Waals surface area contributed by atoms with Crippen molar-refractivity contribution < 1.29 is 22.6 Å². The molecule has 2 heterocycles. The molecule has 1 aromatic carbocycles. The molecule has 3 aromatic rings. The molecule has 3 rings (SSSR count). The fraction of sp³-hybridized carbons (Fsp3) is 0.188. The van der Waals surface area contributed by atoms with E-state index in [0.717, 1.165) is 12.1 Å². The summed E-state index contributed by atoms with van der Waals surface area (Å²) in [4.78, 5) is 3.90. The Morgan fingerprint density at radius 2 is 1.78 bits per heavy atom. The third-order valence-corrected chi connectivity index (χ3v) is 3.15. The van der Waals surface area contributed by atoms with E-state index in [-0.39, 0.29) is 11.5 Å². The minimum Gasteiger partial charge on any atom is -0.494 e. The van der Waals surface area contributed by atoms with Gasteiger partial charge in [-0.2, -0.15) is 13.2 Å². The standard InChI is InChI=1S/C16H13F3N2O2/c1-2-22-12-3-5-13(6-4-12)23-15-10-11(16(17,18)19)9-14-20-7-8-21(14)15/h3-10H,2H2,1H3. The fourth-order valence-corrected chi connectivity index (χ4v) is 2.13. The molecule has 0 aliphatic carbocycles. The van der Waals surface area contributed by atoms with E-state index in [1.165, 1.54) is 10.6 Å². The molecule has 0 spiro atoms. The summed E-state index contributed by atoms with van der Waals surface area (Å²) >= 11 is 0. The van der Waals surface area contributed by atoms with Crippen molar-refractivity contribution in [2.75, 3.05) is 6.61 Å². The number of ether oxygens (including phenoxy) is 2. The number of alkyl halides is 3. The number of pyridine rings is 1. The van der Waals surface area contributed by atoms with Crippen molar-refractivity contribution >= 4 is 5.65 Å². The molecule has 4 nitrogen and oxygen atoms in total. The van der Waals surface area contributed by atoms with Crippen LogP contribution in [0.4, 0.5) is 13.2 Å². The van der Waals surface area contributed by atoms with Crippen molar-refractivity contribution in [3.8, 4) is 17.4 Å². The Bertz CT molecular complexity index is 810. The van der Waals surface area contributed by atoms with Gasteiger partial charge in [0.15, 0.2) is 0 Å². The third kappa shape index (κ3) is 3.23. The summed E-state index contributed by atoms with van der Waals surface area (Å²) in [5, 5.41) is 0. The maximum atomic E-state index is 13.0. The summed E-state index contributed by atoms with van der Waals surface area (Å²) in [6, 6.07) is 8.58. The highest BCUT2D eigenvalue weighted by Gasteiger charge is 2.32. The van der Waals surface area contributed by atoms with Crippen molar-refractivity contribution in [2.45, 2.75) is 13.1 Å². The van der Waals surface area contributed by atoms with Crippen LogP contribution in [0.25, 0.3) is 5.65 Å². The highest BCUT2D eigenvalue weighted by molar-refractivity contribution is 5.48. The number of halogens is 3. The second kappa shape index (κ2) is 5.83. The molecule has 0 saturated heterocycles. The van der Waals surface area contributed by atoms with Crippen LogP contribution in [0.15, 0.2) is 48.8 Å². The molecule has 0 radical (unpaired) electrons. The van der Waals surface area contributed by atoms with E-state index < -0.39 is 11.7 Å². The van der Waals surface area contributed by atoms with Gasteiger partial charge in [-0.05, 0) is 37.3 Å². The molecule has 120 valence electrons. The van der Waals surface area contributed by atoms with Gasteiger partial charge >= 0.3 is 6.18 Å². The first kappa shape index (κ1) is 15.2. The smallest absolute Gasteiger partial charge is 0.416 e. The molecular weight excluding hydrogens is 309 g/mol. The largest absolute Gasteiger partial charge is 0.494 e. The second-order valence-corrected chi connectivity index (χ2v) is 4.74. The number of hydrogen-bond acceptors (Lipinski definition) is 3. The zero-order valence-electron chi connectivity index (χ0n) is 12.2. The van der Waals surface area contributed by atoms with Crippen molar-refractivity contribution in [1.29, 1.82) is 0 Å². The van der Waals surface area contributed by atoms with Crippen molar-refractivity contribution in [3.63, 3.8) is 0 Å². The first-order valence-electron chi connectivity index (χ1n) is 6.92. The molecule has 0 aliphatic rings. The first-order valence-corrected chi connectivity index (χ1v) is 6.92. The van der Waals surface area contributed by atoms with Gasteiger partial charge in [0.2, 0.25) is 5.88 Å². The average molecular weight is 322 g/mol. The molecule has 0 amide bonds. The van der Waals surface area contributed by atoms with Gasteiger partial charge in [0.1, 0.15) is 17.1 Å². The van der Waals surface area contributed by atoms with E-state index >= 15 is 0 Å². The van der Waals surface area contributed by atoms with E-state index in [0.29, 0.717) is 18.1 Å². The molecule has 0 N–H and O–H groups in total. The summed E-state index contributed by atoms with van der Waals surface area (Å²) in [7, 11) is 0. The number of imidazole rings is 1. The van der Waals surface area contributed by atoms with Crippen LogP contribution >= 0.6 is 0 Å². The first-order chi connectivity index (χ1) is 11.0. The van der Waals surface area contributed by atoms with Gasteiger partial charge in [0, 0.05) is 18.5 Å². The molecule has 0 unspecified atom stereocenters. The molecule has 2 aromatic heterocycles. The van der Waals surface area contributed by atoms with Gasteiger partial charge in [0.05, 0.1) is 12.2 Å². The molecule has 0 bridgehead atoms. The quantitative estimate of drug-likeness (QED) is 0.707. The predicted molar refractivity (Wildman–Crippen MR) is 77.9 cm³/mol. The Balaban J connectivity index is 1.96. The van der Waals surface area contributed by atoms with Crippen LogP contribution in [0.3, 0.4) is 0 Å². The Kier molecular flexibility index (Phi) is 3.85. The normalized spacial score (nSPS) is 11.7. The summed E-state index contributed by atoms with van der Waals surface area (Å²) in [6.45, 7) is 2.40. The van der Waals surface area contributed by atoms with Crippen LogP contribution in [-0.4, -0.2) is 16.0 Å². The number of aromatic nitrogens is 2. The van der Waals surface area contributed by atoms with Gasteiger partial charge in [-0.15, -0.1) is 0 Å². The number of rotatable bonds is 4. The van der Waals surface area contributed by atoms with E-state index in [9.17, 15) is 13.2 Å². The molecule has 23 heavy (non-hydrogen) atoms. The van der Waals surface area contributed by atoms with Gasteiger partial charge in [-0.25, -0.2) is 4.98 Å². The zero-order valence-corrected chi connectivity index (χ0v) is 12.2. The Hall–Kier alpha value is -2.70. The maximum Gasteiger partial charge on any atom is 0.416 e. The van der Waals surface area contributed by atoms with E-state index in [4.69, 9.17) is 9.47 Å². The van der Waals surface area contributed by atoms with Crippen molar-refractivity contribution in [3.05, 3.63) is 54.4 Å². The number of nitrogens with zero attached hydrogens (tertiary/aromatic N) is 2. The minimum absolute atomic E-state index is 0.0384. The highest BCUT2D eigenvalue weighted by atomic mass is 19.4. The Morgan fingerprint density at radius 1 is 1.09 bits per heavy atom. The molecular formula is C16H13F3N2O2. The lowest BCUT2D eigenvalue weighted by Crippen LogP contribution is -2.07. The van der Waals surface area contributed by atoms with Crippen molar-refractivity contribution in [2.24, 2.45) is 0 Å². The lowest BCUT2D eigenvalue weighted by molar-refractivity contribution is -0.137. The monoisotopic (exact) mass is 322 g/mol. The lowest BCUT2D eigenvalue weighted by Gasteiger charge is -2.12. The summed E-state index contributed by atoms with van der Waals surface area (Å²) in [6.07, 6.45) is -1.51. The Labute approximate surface area is 130 Å². The van der Waals surface area contributed by atoms with E-state index in [1.54, 1.807) is 30.5 Å². The summed E-state index contributed by atoms with van der Waals surface area (Å²) in [5.74, 6) is 1.11. The number of fused-ring (bicyclic) bond motifs is 1. The third-order valence-electron chi connectivity index (χ3n) is 3.15. The summed E-state index contributed by atoms with van der Waals surface area (Å²) in [5.41, 5.74) is -0.641. The van der Waals surface area contributed by atoms with E-state index in [1.807, 2.05) is 6.92 Å². The molecule has 0 fully saturated rings. The van der Waals surface area contributed by atoms with Crippen molar-refractivity contribution in [1.82, 2.24) is 9.38 Å². The topological polar surface area (TPSA) is 35.8 Å². The minimum atomic E-state index is -4.47. The van der Waals surface area contributed by atoms with Crippen LogP contribution in [0.5, 0.6) is 17.4 Å². The fourth-order valence-electron chi connectivity index (χ4n) is 2.13. The van der Waals surface area contributed by atoms with Crippen LogP contribution in [-0.2, 0) is 6.18 Å². The van der Waals surface area contributed by atoms with Gasteiger partial charge in [-0.1, -0.05) is 0 Å². The zero-order chi connectivity index (χ0) is 16.4. The highest BCUT2D eigenvalue weighted by Crippen LogP contribution is 2.34. The van der Waals surface area contributed by atoms with Gasteiger partial charge in [0.25, 0.3) is 0 Å². The molecule has 7 heteroatoms. The second-order valence-electron chi connectivity index (χ2n) is 4.74. The van der Waals surface area contributed by atoms with E-state index in [2.05, 4.69) is 4.98 Å². The summed E-state index contributed by atoms with van der Waals surface area (Å²) < 4.78 is 51.3. The van der Waals surface area contributed by atoms with Crippen LogP contribution < -0.4 is 9.47 Å². The lowest BCUT2D eigenvalue weighted by atomic mass is 10.2. The van der Waals surface area contributed by atoms with Crippen LogP contribution in [0.2, 0.25) is 0 Å². The van der Waals surface area contributed by atoms with Gasteiger partial charge in [-0.3, -0.25) is 4.40 Å². The maximum absolute atomic E-state index is 13.0. The SMILES string of the molecule is CCOc1ccc(Oc2cc(C(F)(F)F)cc3nccn23)cc1. The predicted octanol–water partition coefficient (Wildman–Crippen LogP) is 4.54. The van der Waals surface area contributed by atoms with Crippen LogP contribution in [0.1, 0.15) is 12.5 Å². The van der Waals surface area contributed by atoms with Crippen LogP contribution in [0, 0.1) is 0 Å².